The highest BCUT2D eigenvalue weighted by Crippen LogP contribution is 2.45. The van der Waals surface area contributed by atoms with Gasteiger partial charge in [0.1, 0.15) is 5.37 Å². The van der Waals surface area contributed by atoms with Gasteiger partial charge in [0, 0.05) is 24.3 Å². The van der Waals surface area contributed by atoms with Crippen LogP contribution in [0.15, 0.2) is 18.2 Å². The molecule has 4 nitrogen and oxygen atoms in total. The Bertz CT molecular complexity index is 535. The minimum Gasteiger partial charge on any atom is -0.493 e. The summed E-state index contributed by atoms with van der Waals surface area (Å²) < 4.78 is 11.0. The van der Waals surface area contributed by atoms with Crippen LogP contribution in [0.1, 0.15) is 56.4 Å². The van der Waals surface area contributed by atoms with Crippen LogP contribution in [0.25, 0.3) is 0 Å². The number of para-hydroxylation sites is 1. The monoisotopic (exact) mass is 351 g/mol. The Morgan fingerprint density at radius 1 is 1.21 bits per heavy atom. The van der Waals surface area contributed by atoms with E-state index in [-0.39, 0.29) is 11.3 Å². The van der Waals surface area contributed by atoms with Crippen molar-refractivity contribution in [1.29, 1.82) is 0 Å². The maximum atomic E-state index is 12.7. The quantitative estimate of drug-likeness (QED) is 0.608. The molecule has 0 N–H and O–H groups in total. The Hall–Kier alpha value is -1.36. The number of rotatable bonds is 9. The van der Waals surface area contributed by atoms with Crippen LogP contribution in [0, 0.1) is 0 Å². The summed E-state index contributed by atoms with van der Waals surface area (Å²) in [6.45, 7) is 3.02. The van der Waals surface area contributed by atoms with Crippen molar-refractivity contribution >= 4 is 17.7 Å². The largest absolute Gasteiger partial charge is 0.493 e. The molecule has 0 aromatic heterocycles. The first-order valence-electron chi connectivity index (χ1n) is 8.84. The maximum Gasteiger partial charge on any atom is 0.223 e. The van der Waals surface area contributed by atoms with Crippen LogP contribution in [0.5, 0.6) is 11.5 Å². The van der Waals surface area contributed by atoms with E-state index in [1.807, 2.05) is 23.1 Å². The molecule has 134 valence electrons. The summed E-state index contributed by atoms with van der Waals surface area (Å²) >= 11 is 1.80. The van der Waals surface area contributed by atoms with E-state index in [2.05, 4.69) is 6.92 Å². The highest BCUT2D eigenvalue weighted by molar-refractivity contribution is 7.99. The van der Waals surface area contributed by atoms with E-state index in [1.54, 1.807) is 26.0 Å². The van der Waals surface area contributed by atoms with E-state index < -0.39 is 0 Å². The molecule has 1 saturated heterocycles. The van der Waals surface area contributed by atoms with Gasteiger partial charge < -0.3 is 14.4 Å². The summed E-state index contributed by atoms with van der Waals surface area (Å²) in [6, 6.07) is 5.89. The molecule has 1 heterocycles. The Labute approximate surface area is 149 Å². The van der Waals surface area contributed by atoms with Gasteiger partial charge >= 0.3 is 0 Å². The van der Waals surface area contributed by atoms with Gasteiger partial charge in [0.15, 0.2) is 11.5 Å². The number of carbonyl (C=O) groups is 1. The zero-order chi connectivity index (χ0) is 17.4. The highest BCUT2D eigenvalue weighted by atomic mass is 32.2. The molecule has 0 radical (unpaired) electrons. The van der Waals surface area contributed by atoms with Crippen LogP contribution >= 0.6 is 11.8 Å². The molecule has 1 atom stereocenters. The predicted molar refractivity (Wildman–Crippen MR) is 99.8 cm³/mol. The lowest BCUT2D eigenvalue weighted by Crippen LogP contribution is -2.30. The lowest BCUT2D eigenvalue weighted by Gasteiger charge is -2.26. The predicted octanol–water partition coefficient (Wildman–Crippen LogP) is 4.64. The molecular weight excluding hydrogens is 322 g/mol. The van der Waals surface area contributed by atoms with Gasteiger partial charge in [0.05, 0.1) is 14.2 Å². The van der Waals surface area contributed by atoms with E-state index in [0.717, 1.165) is 42.2 Å². The second kappa shape index (κ2) is 9.82. The summed E-state index contributed by atoms with van der Waals surface area (Å²) in [5.74, 6) is 2.67. The number of carbonyl (C=O) groups excluding carboxylic acids is 1. The van der Waals surface area contributed by atoms with Gasteiger partial charge in [0.25, 0.3) is 0 Å². The number of amides is 1. The lowest BCUT2D eigenvalue weighted by molar-refractivity contribution is -0.131. The molecule has 0 aliphatic carbocycles. The Morgan fingerprint density at radius 3 is 2.71 bits per heavy atom. The van der Waals surface area contributed by atoms with Gasteiger partial charge in [-0.15, -0.1) is 11.8 Å². The van der Waals surface area contributed by atoms with E-state index >= 15 is 0 Å². The summed E-state index contributed by atoms with van der Waals surface area (Å²) in [5, 5.41) is 0.0261. The van der Waals surface area contributed by atoms with Gasteiger partial charge in [-0.25, -0.2) is 0 Å². The van der Waals surface area contributed by atoms with E-state index in [4.69, 9.17) is 9.47 Å². The number of ether oxygens (including phenoxy) is 2. The molecule has 5 heteroatoms. The van der Waals surface area contributed by atoms with Crippen molar-refractivity contribution in [2.45, 2.75) is 50.8 Å². The van der Waals surface area contributed by atoms with Crippen molar-refractivity contribution in [2.24, 2.45) is 0 Å². The average Bonchev–Trinajstić information content (AvgIpc) is 3.10. The molecule has 1 fully saturated rings. The minimum absolute atomic E-state index is 0.0261. The van der Waals surface area contributed by atoms with Crippen molar-refractivity contribution in [3.8, 4) is 11.5 Å². The molecule has 1 aliphatic heterocycles. The molecule has 1 unspecified atom stereocenters. The Balaban J connectivity index is 2.04. The smallest absolute Gasteiger partial charge is 0.223 e. The number of thioether (sulfide) groups is 1. The van der Waals surface area contributed by atoms with Crippen molar-refractivity contribution in [3.63, 3.8) is 0 Å². The third-order valence-electron chi connectivity index (χ3n) is 4.40. The van der Waals surface area contributed by atoms with Crippen molar-refractivity contribution in [1.82, 2.24) is 4.90 Å². The first-order valence-corrected chi connectivity index (χ1v) is 9.89. The lowest BCUT2D eigenvalue weighted by atomic mass is 10.1. The third kappa shape index (κ3) is 4.59. The fourth-order valence-electron chi connectivity index (χ4n) is 3.11. The van der Waals surface area contributed by atoms with E-state index in [0.29, 0.717) is 6.42 Å². The molecule has 0 saturated carbocycles. The molecule has 2 rings (SSSR count). The molecule has 0 bridgehead atoms. The molecule has 1 amide bonds. The number of methoxy groups -OCH3 is 2. The second-order valence-electron chi connectivity index (χ2n) is 6.06. The number of nitrogens with zero attached hydrogens (tertiary/aromatic N) is 1. The Morgan fingerprint density at radius 2 is 2.00 bits per heavy atom. The molecule has 0 spiro atoms. The highest BCUT2D eigenvalue weighted by Gasteiger charge is 2.32. The third-order valence-corrected chi connectivity index (χ3v) is 5.65. The molecule has 1 aromatic rings. The minimum atomic E-state index is 0.0261. The van der Waals surface area contributed by atoms with Crippen molar-refractivity contribution < 1.29 is 14.3 Å². The van der Waals surface area contributed by atoms with Crippen LogP contribution in [-0.4, -0.2) is 37.3 Å². The van der Waals surface area contributed by atoms with Gasteiger partial charge in [-0.1, -0.05) is 44.7 Å². The number of benzene rings is 1. The molecule has 1 aromatic carbocycles. The maximum absolute atomic E-state index is 12.7. The van der Waals surface area contributed by atoms with Crippen LogP contribution in [0.4, 0.5) is 0 Å². The zero-order valence-corrected chi connectivity index (χ0v) is 15.9. The van der Waals surface area contributed by atoms with Gasteiger partial charge in [-0.2, -0.15) is 0 Å². The first kappa shape index (κ1) is 19.0. The number of hydrogen-bond donors (Lipinski definition) is 0. The van der Waals surface area contributed by atoms with Crippen LogP contribution in [0.2, 0.25) is 0 Å². The fourth-order valence-corrected chi connectivity index (χ4v) is 4.41. The van der Waals surface area contributed by atoms with Crippen LogP contribution < -0.4 is 9.47 Å². The van der Waals surface area contributed by atoms with Crippen LogP contribution in [-0.2, 0) is 4.79 Å². The average molecular weight is 352 g/mol. The van der Waals surface area contributed by atoms with Crippen LogP contribution in [0.3, 0.4) is 0 Å². The molecular formula is C19H29NO3S. The van der Waals surface area contributed by atoms with Crippen molar-refractivity contribution in [3.05, 3.63) is 23.8 Å². The fraction of sp³-hybridized carbons (Fsp3) is 0.632. The first-order chi connectivity index (χ1) is 11.7. The summed E-state index contributed by atoms with van der Waals surface area (Å²) in [6.07, 6.45) is 6.50. The number of hydrogen-bond acceptors (Lipinski definition) is 4. The SMILES string of the molecule is CCCCCCCC(=O)N1CCSC1c1cccc(OC)c1OC. The standard InChI is InChI=1S/C19H29NO3S/c1-4-5-6-7-8-12-17(21)20-13-14-24-19(20)15-10-9-11-16(22-2)18(15)23-3/h9-11,19H,4-8,12-14H2,1-3H3. The molecule has 24 heavy (non-hydrogen) atoms. The van der Waals surface area contributed by atoms with E-state index in [1.165, 1.54) is 19.3 Å². The van der Waals surface area contributed by atoms with Gasteiger partial charge in [-0.3, -0.25) is 4.79 Å². The van der Waals surface area contributed by atoms with Gasteiger partial charge in [-0.05, 0) is 12.5 Å². The Kier molecular flexibility index (Phi) is 7.76. The van der Waals surface area contributed by atoms with Gasteiger partial charge in [0.2, 0.25) is 5.91 Å². The normalized spacial score (nSPS) is 17.1. The topological polar surface area (TPSA) is 38.8 Å². The summed E-state index contributed by atoms with van der Waals surface area (Å²) in [4.78, 5) is 14.7. The zero-order valence-electron chi connectivity index (χ0n) is 15.0. The van der Waals surface area contributed by atoms with Crippen molar-refractivity contribution in [2.75, 3.05) is 26.5 Å². The summed E-state index contributed by atoms with van der Waals surface area (Å²) in [7, 11) is 3.30. The van der Waals surface area contributed by atoms with E-state index in [9.17, 15) is 4.79 Å². The molecule has 1 aliphatic rings. The number of unbranched alkanes of at least 4 members (excludes halogenated alkanes) is 4. The summed E-state index contributed by atoms with van der Waals surface area (Å²) in [5.41, 5.74) is 1.03. The second-order valence-corrected chi connectivity index (χ2v) is 7.25.